The van der Waals surface area contributed by atoms with Crippen LogP contribution >= 0.6 is 7.60 Å². The van der Waals surface area contributed by atoms with Gasteiger partial charge in [0.2, 0.25) is 0 Å². The van der Waals surface area contributed by atoms with E-state index >= 15 is 0 Å². The molecule has 20 heavy (non-hydrogen) atoms. The second-order valence-corrected chi connectivity index (χ2v) is 6.98. The van der Waals surface area contributed by atoms with Gasteiger partial charge in [0.1, 0.15) is 5.76 Å². The number of hydrogen-bond donors (Lipinski definition) is 0. The quantitative estimate of drug-likeness (QED) is 0.754. The molecule has 4 heteroatoms. The number of fused-ring (bicyclic) bond motifs is 1. The van der Waals surface area contributed by atoms with Gasteiger partial charge >= 0.3 is 7.60 Å². The first-order chi connectivity index (χ1) is 9.46. The van der Waals surface area contributed by atoms with Gasteiger partial charge in [-0.1, -0.05) is 31.5 Å². The second kappa shape index (κ2) is 5.75. The summed E-state index contributed by atoms with van der Waals surface area (Å²) in [5.41, 5.74) is 4.36. The molecular weight excluding hydrogens is 271 g/mol. The van der Waals surface area contributed by atoms with Gasteiger partial charge in [0, 0.05) is 6.42 Å². The summed E-state index contributed by atoms with van der Waals surface area (Å²) < 4.78 is 24.5. The zero-order valence-corrected chi connectivity index (χ0v) is 13.8. The van der Waals surface area contributed by atoms with Crippen molar-refractivity contribution in [2.75, 3.05) is 6.61 Å². The van der Waals surface area contributed by atoms with Crippen molar-refractivity contribution in [2.24, 2.45) is 0 Å². The predicted molar refractivity (Wildman–Crippen MR) is 83.4 cm³/mol. The molecule has 1 aromatic rings. The zero-order valence-electron chi connectivity index (χ0n) is 12.9. The maximum Gasteiger partial charge on any atom is 0.411 e. The minimum Gasteiger partial charge on any atom is -0.425 e. The van der Waals surface area contributed by atoms with Crippen molar-refractivity contribution in [1.29, 1.82) is 0 Å². The molecule has 0 saturated carbocycles. The molecule has 1 atom stereocenters. The van der Waals surface area contributed by atoms with Gasteiger partial charge in [0.05, 0.1) is 11.9 Å². The summed E-state index contributed by atoms with van der Waals surface area (Å²) in [6.07, 6.45) is 1.60. The first-order valence-corrected chi connectivity index (χ1v) is 8.79. The van der Waals surface area contributed by atoms with E-state index in [2.05, 4.69) is 19.9 Å². The molecule has 1 aliphatic rings. The van der Waals surface area contributed by atoms with Crippen molar-refractivity contribution in [2.45, 2.75) is 47.5 Å². The Morgan fingerprint density at radius 2 is 1.85 bits per heavy atom. The summed E-state index contributed by atoms with van der Waals surface area (Å²) in [6, 6.07) is 4.14. The minimum atomic E-state index is -3.24. The van der Waals surface area contributed by atoms with Crippen LogP contribution in [0.2, 0.25) is 0 Å². The van der Waals surface area contributed by atoms with Gasteiger partial charge in [0.25, 0.3) is 0 Å². The monoisotopic (exact) mass is 294 g/mol. The lowest BCUT2D eigenvalue weighted by molar-refractivity contribution is 0.255. The van der Waals surface area contributed by atoms with Crippen LogP contribution in [0.15, 0.2) is 17.9 Å². The molecule has 1 aromatic carbocycles. The molecule has 0 bridgehead atoms. The van der Waals surface area contributed by atoms with Crippen LogP contribution in [0.4, 0.5) is 0 Å². The number of aryl methyl sites for hydroxylation is 2. The summed E-state index contributed by atoms with van der Waals surface area (Å²) in [6.45, 7) is 10.4. The second-order valence-electron chi connectivity index (χ2n) is 5.09. The van der Waals surface area contributed by atoms with E-state index in [-0.39, 0.29) is 0 Å². The van der Waals surface area contributed by atoms with E-state index in [9.17, 15) is 4.57 Å². The van der Waals surface area contributed by atoms with E-state index in [1.54, 1.807) is 0 Å². The van der Waals surface area contributed by atoms with Gasteiger partial charge in [-0.3, -0.25) is 4.52 Å². The highest BCUT2D eigenvalue weighted by molar-refractivity contribution is 7.62. The zero-order chi connectivity index (χ0) is 14.9. The van der Waals surface area contributed by atoms with E-state index in [0.29, 0.717) is 6.61 Å². The fourth-order valence-electron chi connectivity index (χ4n) is 2.88. The predicted octanol–water partition coefficient (Wildman–Crippen LogP) is 4.72. The van der Waals surface area contributed by atoms with Gasteiger partial charge in [-0.25, -0.2) is 4.57 Å². The summed E-state index contributed by atoms with van der Waals surface area (Å²) in [4.78, 5) is 0. The first kappa shape index (κ1) is 15.3. The molecule has 0 aliphatic carbocycles. The highest BCUT2D eigenvalue weighted by Gasteiger charge is 2.39. The third-order valence-electron chi connectivity index (χ3n) is 3.58. The van der Waals surface area contributed by atoms with Crippen LogP contribution in [0.5, 0.6) is 0 Å². The van der Waals surface area contributed by atoms with Crippen molar-refractivity contribution >= 4 is 18.5 Å². The van der Waals surface area contributed by atoms with Crippen LogP contribution in [0.3, 0.4) is 0 Å². The fraction of sp³-hybridized carbons (Fsp3) is 0.500. The molecule has 0 fully saturated rings. The van der Waals surface area contributed by atoms with Crippen molar-refractivity contribution < 1.29 is 13.6 Å². The third kappa shape index (κ3) is 2.45. The van der Waals surface area contributed by atoms with E-state index in [1.165, 1.54) is 5.56 Å². The Morgan fingerprint density at radius 1 is 1.15 bits per heavy atom. The van der Waals surface area contributed by atoms with Gasteiger partial charge in [-0.05, 0) is 43.9 Å². The molecule has 0 radical (unpaired) electrons. The Kier molecular flexibility index (Phi) is 4.41. The Bertz CT molecular complexity index is 602. The topological polar surface area (TPSA) is 35.5 Å². The van der Waals surface area contributed by atoms with Crippen LogP contribution in [0, 0.1) is 13.8 Å². The van der Waals surface area contributed by atoms with Crippen LogP contribution < -0.4 is 5.30 Å². The van der Waals surface area contributed by atoms with E-state index in [1.807, 2.05) is 26.8 Å². The lowest BCUT2D eigenvalue weighted by Gasteiger charge is -2.31. The van der Waals surface area contributed by atoms with Crippen molar-refractivity contribution in [1.82, 2.24) is 0 Å². The number of benzene rings is 1. The highest BCUT2D eigenvalue weighted by Crippen LogP contribution is 2.56. The normalized spacial score (nSPS) is 21.6. The molecule has 2 rings (SSSR count). The summed E-state index contributed by atoms with van der Waals surface area (Å²) in [5, 5.41) is 0.749. The molecule has 0 aromatic heterocycles. The smallest absolute Gasteiger partial charge is 0.411 e. The Morgan fingerprint density at radius 3 is 2.40 bits per heavy atom. The van der Waals surface area contributed by atoms with Crippen molar-refractivity contribution in [3.8, 4) is 0 Å². The lowest BCUT2D eigenvalue weighted by Crippen LogP contribution is -2.23. The highest BCUT2D eigenvalue weighted by atomic mass is 31.2. The number of rotatable bonds is 4. The lowest BCUT2D eigenvalue weighted by atomic mass is 9.97. The van der Waals surface area contributed by atoms with Crippen LogP contribution in [-0.2, 0) is 13.6 Å². The molecule has 1 heterocycles. The van der Waals surface area contributed by atoms with Gasteiger partial charge < -0.3 is 4.52 Å². The van der Waals surface area contributed by atoms with Crippen molar-refractivity contribution in [3.63, 3.8) is 0 Å². The third-order valence-corrected chi connectivity index (χ3v) is 5.78. The molecular formula is C16H23O3P. The van der Waals surface area contributed by atoms with E-state index < -0.39 is 7.60 Å². The molecule has 0 amide bonds. The molecule has 1 aliphatic heterocycles. The fourth-order valence-corrected chi connectivity index (χ4v) is 5.01. The van der Waals surface area contributed by atoms with E-state index in [4.69, 9.17) is 9.05 Å². The summed E-state index contributed by atoms with van der Waals surface area (Å²) in [5.74, 6) is 0.807. The Balaban J connectivity index is 2.77. The van der Waals surface area contributed by atoms with Gasteiger partial charge in [0.15, 0.2) is 0 Å². The summed E-state index contributed by atoms with van der Waals surface area (Å²) >= 11 is 0. The minimum absolute atomic E-state index is 0.377. The average molecular weight is 294 g/mol. The van der Waals surface area contributed by atoms with Crippen LogP contribution in [0.1, 0.15) is 50.3 Å². The SMILES string of the molecule is CCOP1(=O)OC(CC)=C(CC)c2cc(C)cc(C)c21. The Hall–Kier alpha value is -1.05. The number of hydrogen-bond acceptors (Lipinski definition) is 3. The number of allylic oxidation sites excluding steroid dienone is 2. The molecule has 0 spiro atoms. The first-order valence-electron chi connectivity index (χ1n) is 7.25. The largest absolute Gasteiger partial charge is 0.425 e. The van der Waals surface area contributed by atoms with Crippen LogP contribution in [-0.4, -0.2) is 6.61 Å². The molecule has 1 unspecified atom stereocenters. The van der Waals surface area contributed by atoms with Crippen molar-refractivity contribution in [3.05, 3.63) is 34.6 Å². The maximum atomic E-state index is 13.1. The van der Waals surface area contributed by atoms with Gasteiger partial charge in [-0.15, -0.1) is 0 Å². The standard InChI is InChI=1S/C16H23O3P/c1-6-13-14-10-11(4)9-12(5)16(14)20(17,18-8-3)19-15(13)7-2/h9-10H,6-8H2,1-5H3. The summed E-state index contributed by atoms with van der Waals surface area (Å²) in [7, 11) is -3.24. The molecule has 0 saturated heterocycles. The maximum absolute atomic E-state index is 13.1. The molecule has 0 N–H and O–H groups in total. The molecule has 3 nitrogen and oxygen atoms in total. The average Bonchev–Trinajstić information content (AvgIpc) is 2.37. The van der Waals surface area contributed by atoms with Gasteiger partial charge in [-0.2, -0.15) is 0 Å². The van der Waals surface area contributed by atoms with E-state index in [0.717, 1.165) is 40.6 Å². The molecule has 110 valence electrons. The Labute approximate surface area is 121 Å². The van der Waals surface area contributed by atoms with Crippen LogP contribution in [0.25, 0.3) is 5.57 Å².